The molecule has 0 aliphatic carbocycles. The molecule has 0 saturated carbocycles. The Morgan fingerprint density at radius 2 is 1.80 bits per heavy atom. The van der Waals surface area contributed by atoms with E-state index in [-0.39, 0.29) is 11.5 Å². The highest BCUT2D eigenvalue weighted by molar-refractivity contribution is 6.04. The predicted molar refractivity (Wildman–Crippen MR) is 97.7 cm³/mol. The van der Waals surface area contributed by atoms with E-state index < -0.39 is 0 Å². The molecule has 0 atom stereocenters. The van der Waals surface area contributed by atoms with E-state index in [1.54, 1.807) is 19.2 Å². The lowest BCUT2D eigenvalue weighted by Gasteiger charge is -2.36. The molecule has 134 valence electrons. The fourth-order valence-electron chi connectivity index (χ4n) is 3.23. The maximum atomic E-state index is 12.8. The molecule has 1 aromatic heterocycles. The van der Waals surface area contributed by atoms with Gasteiger partial charge in [0.25, 0.3) is 11.5 Å². The average molecular weight is 343 g/mol. The summed E-state index contributed by atoms with van der Waals surface area (Å²) in [6.07, 6.45) is 0. The fourth-order valence-corrected chi connectivity index (χ4v) is 3.23. The molecule has 1 N–H and O–H groups in total. The molecule has 7 heteroatoms. The van der Waals surface area contributed by atoms with Crippen molar-refractivity contribution in [1.82, 2.24) is 24.9 Å². The first-order valence-corrected chi connectivity index (χ1v) is 8.69. The Balaban J connectivity index is 1.91. The van der Waals surface area contributed by atoms with Crippen LogP contribution in [0.15, 0.2) is 29.1 Å². The van der Waals surface area contributed by atoms with Crippen molar-refractivity contribution in [3.63, 3.8) is 0 Å². The van der Waals surface area contributed by atoms with Crippen molar-refractivity contribution in [2.45, 2.75) is 26.6 Å². The summed E-state index contributed by atoms with van der Waals surface area (Å²) in [6, 6.07) is 7.66. The Hall–Kier alpha value is -2.25. The molecule has 2 heterocycles. The van der Waals surface area contributed by atoms with Gasteiger partial charge in [-0.1, -0.05) is 18.2 Å². The third-order valence-corrected chi connectivity index (χ3v) is 4.78. The zero-order valence-electron chi connectivity index (χ0n) is 15.0. The van der Waals surface area contributed by atoms with Crippen LogP contribution in [0.3, 0.4) is 0 Å². The van der Waals surface area contributed by atoms with Crippen molar-refractivity contribution < 1.29 is 4.79 Å². The first kappa shape index (κ1) is 17.6. The van der Waals surface area contributed by atoms with Crippen molar-refractivity contribution >= 4 is 16.7 Å². The third kappa shape index (κ3) is 3.57. The molecule has 25 heavy (non-hydrogen) atoms. The first-order valence-electron chi connectivity index (χ1n) is 8.69. The van der Waals surface area contributed by atoms with Gasteiger partial charge in [-0.2, -0.15) is 5.10 Å². The molecule has 0 radical (unpaired) electrons. The minimum Gasteiger partial charge on any atom is -0.354 e. The SMILES string of the molecule is CNC(=O)c1nn(CN2CCN(C(C)C)CC2)c(=O)c2ccccc12. The van der Waals surface area contributed by atoms with E-state index in [9.17, 15) is 9.59 Å². The second kappa shape index (κ2) is 7.33. The summed E-state index contributed by atoms with van der Waals surface area (Å²) in [4.78, 5) is 29.6. The lowest BCUT2D eigenvalue weighted by molar-refractivity contribution is 0.0821. The molecule has 1 fully saturated rings. The zero-order valence-corrected chi connectivity index (χ0v) is 15.0. The third-order valence-electron chi connectivity index (χ3n) is 4.78. The summed E-state index contributed by atoms with van der Waals surface area (Å²) in [5.41, 5.74) is 0.132. The fraction of sp³-hybridized carbons (Fsp3) is 0.500. The number of fused-ring (bicyclic) bond motifs is 1. The van der Waals surface area contributed by atoms with Crippen molar-refractivity contribution in [3.8, 4) is 0 Å². The second-order valence-electron chi connectivity index (χ2n) is 6.67. The molecule has 7 nitrogen and oxygen atoms in total. The van der Waals surface area contributed by atoms with Crippen LogP contribution in [0.4, 0.5) is 0 Å². The van der Waals surface area contributed by atoms with Crippen LogP contribution in [-0.2, 0) is 6.67 Å². The molecular formula is C18H25N5O2. The quantitative estimate of drug-likeness (QED) is 0.887. The molecule has 3 rings (SSSR count). The number of carbonyl (C=O) groups is 1. The van der Waals surface area contributed by atoms with Gasteiger partial charge in [-0.15, -0.1) is 0 Å². The number of hydrogen-bond acceptors (Lipinski definition) is 5. The second-order valence-corrected chi connectivity index (χ2v) is 6.67. The average Bonchev–Trinajstić information content (AvgIpc) is 2.64. The van der Waals surface area contributed by atoms with Crippen LogP contribution in [0, 0.1) is 0 Å². The maximum Gasteiger partial charge on any atom is 0.275 e. The van der Waals surface area contributed by atoms with Gasteiger partial charge in [0.1, 0.15) is 0 Å². The molecule has 0 spiro atoms. The van der Waals surface area contributed by atoms with Crippen LogP contribution in [0.5, 0.6) is 0 Å². The standard InChI is InChI=1S/C18H25N5O2/c1-13(2)22-10-8-21(9-11-22)12-23-18(25)15-7-5-4-6-14(15)16(20-23)17(24)19-3/h4-7,13H,8-12H2,1-3H3,(H,19,24). The van der Waals surface area contributed by atoms with Crippen LogP contribution in [0.2, 0.25) is 0 Å². The number of amides is 1. The number of nitrogens with one attached hydrogen (secondary N) is 1. The lowest BCUT2D eigenvalue weighted by atomic mass is 10.1. The molecule has 1 saturated heterocycles. The number of aromatic nitrogens is 2. The van der Waals surface area contributed by atoms with Crippen LogP contribution in [0.1, 0.15) is 24.3 Å². The number of benzene rings is 1. The Bertz CT molecular complexity index is 822. The largest absolute Gasteiger partial charge is 0.354 e. The number of nitrogens with zero attached hydrogens (tertiary/aromatic N) is 4. The number of carbonyl (C=O) groups excluding carboxylic acids is 1. The van der Waals surface area contributed by atoms with Gasteiger partial charge in [-0.3, -0.25) is 19.4 Å². The van der Waals surface area contributed by atoms with E-state index in [1.165, 1.54) is 4.68 Å². The molecule has 1 amide bonds. The van der Waals surface area contributed by atoms with Gasteiger partial charge in [0.15, 0.2) is 5.69 Å². The summed E-state index contributed by atoms with van der Waals surface area (Å²) in [5.74, 6) is -0.283. The van der Waals surface area contributed by atoms with Crippen molar-refractivity contribution in [2.24, 2.45) is 0 Å². The monoisotopic (exact) mass is 343 g/mol. The Morgan fingerprint density at radius 3 is 2.40 bits per heavy atom. The summed E-state index contributed by atoms with van der Waals surface area (Å²) in [5, 5.41) is 8.08. The van der Waals surface area contributed by atoms with E-state index in [1.807, 2.05) is 12.1 Å². The minimum atomic E-state index is -0.283. The Labute approximate surface area is 147 Å². The molecule has 1 aliphatic rings. The van der Waals surface area contributed by atoms with Gasteiger partial charge < -0.3 is 5.32 Å². The van der Waals surface area contributed by atoms with Crippen LogP contribution in [-0.4, -0.2) is 64.8 Å². The van der Waals surface area contributed by atoms with E-state index >= 15 is 0 Å². The van der Waals surface area contributed by atoms with E-state index in [2.05, 4.69) is 34.1 Å². The Morgan fingerprint density at radius 1 is 1.16 bits per heavy atom. The highest BCUT2D eigenvalue weighted by Gasteiger charge is 2.21. The molecule has 1 aliphatic heterocycles. The topological polar surface area (TPSA) is 70.5 Å². The van der Waals surface area contributed by atoms with E-state index in [4.69, 9.17) is 0 Å². The summed E-state index contributed by atoms with van der Waals surface area (Å²) < 4.78 is 1.41. The van der Waals surface area contributed by atoms with Gasteiger partial charge in [-0.05, 0) is 19.9 Å². The van der Waals surface area contributed by atoms with Crippen LogP contribution >= 0.6 is 0 Å². The predicted octanol–water partition coefficient (Wildman–Crippen LogP) is 0.740. The number of rotatable bonds is 4. The van der Waals surface area contributed by atoms with Crippen LogP contribution < -0.4 is 10.9 Å². The smallest absolute Gasteiger partial charge is 0.275 e. The lowest BCUT2D eigenvalue weighted by Crippen LogP contribution is -2.50. The number of piperazine rings is 1. The van der Waals surface area contributed by atoms with Crippen LogP contribution in [0.25, 0.3) is 10.8 Å². The van der Waals surface area contributed by atoms with Crippen molar-refractivity contribution in [2.75, 3.05) is 33.2 Å². The molecule has 2 aromatic rings. The van der Waals surface area contributed by atoms with Gasteiger partial charge in [0.05, 0.1) is 12.1 Å². The molecule has 0 bridgehead atoms. The highest BCUT2D eigenvalue weighted by atomic mass is 16.2. The van der Waals surface area contributed by atoms with Gasteiger partial charge in [0.2, 0.25) is 0 Å². The van der Waals surface area contributed by atoms with E-state index in [0.29, 0.717) is 29.2 Å². The zero-order chi connectivity index (χ0) is 18.0. The molecule has 0 unspecified atom stereocenters. The molecule has 1 aromatic carbocycles. The summed E-state index contributed by atoms with van der Waals surface area (Å²) in [6.45, 7) is 8.51. The van der Waals surface area contributed by atoms with Gasteiger partial charge in [-0.25, -0.2) is 4.68 Å². The van der Waals surface area contributed by atoms with Gasteiger partial charge >= 0.3 is 0 Å². The molecular weight excluding hydrogens is 318 g/mol. The maximum absolute atomic E-state index is 12.8. The van der Waals surface area contributed by atoms with Crippen molar-refractivity contribution in [1.29, 1.82) is 0 Å². The Kier molecular flexibility index (Phi) is 5.15. The summed E-state index contributed by atoms with van der Waals surface area (Å²) >= 11 is 0. The number of hydrogen-bond donors (Lipinski definition) is 1. The minimum absolute atomic E-state index is 0.158. The van der Waals surface area contributed by atoms with Crippen molar-refractivity contribution in [3.05, 3.63) is 40.3 Å². The normalized spacial score (nSPS) is 16.5. The first-order chi connectivity index (χ1) is 12.0. The van der Waals surface area contributed by atoms with E-state index in [0.717, 1.165) is 26.2 Å². The highest BCUT2D eigenvalue weighted by Crippen LogP contribution is 2.14. The van der Waals surface area contributed by atoms with Gasteiger partial charge in [0, 0.05) is 44.7 Å². The summed E-state index contributed by atoms with van der Waals surface area (Å²) in [7, 11) is 1.57.